The number of Topliss-reactive ketones (excluding diaryl/α,β-unsaturated/α-hetero) is 1. The van der Waals surface area contributed by atoms with E-state index in [1.54, 1.807) is 18.2 Å². The van der Waals surface area contributed by atoms with Crippen molar-refractivity contribution in [2.45, 2.75) is 6.92 Å². The molecular weight excluding hydrogens is 220 g/mol. The molecule has 5 nitrogen and oxygen atoms in total. The minimum absolute atomic E-state index is 0.203. The fourth-order valence-electron chi connectivity index (χ4n) is 1.18. The van der Waals surface area contributed by atoms with Crippen LogP contribution in [0.5, 0.6) is 0 Å². The van der Waals surface area contributed by atoms with Gasteiger partial charge in [0.15, 0.2) is 5.78 Å². The number of carbonyl (C=O) groups is 2. The van der Waals surface area contributed by atoms with Crippen molar-refractivity contribution in [1.29, 1.82) is 0 Å². The number of nitrogens with zero attached hydrogens (tertiary/aromatic N) is 1. The molecule has 0 aliphatic heterocycles. The summed E-state index contributed by atoms with van der Waals surface area (Å²) in [6.07, 6.45) is 4.19. The lowest BCUT2D eigenvalue weighted by atomic mass is 10.1. The van der Waals surface area contributed by atoms with E-state index in [1.165, 1.54) is 19.4 Å². The molecule has 5 heteroatoms. The third kappa shape index (κ3) is 3.98. The normalized spacial score (nSPS) is 10.8. The zero-order valence-electron chi connectivity index (χ0n) is 9.27. The molecule has 0 saturated heterocycles. The van der Waals surface area contributed by atoms with Crippen LogP contribution in [0.3, 0.4) is 0 Å². The Kier molecular flexibility index (Phi) is 4.75. The van der Waals surface area contributed by atoms with Gasteiger partial charge < -0.3 is 5.32 Å². The predicted octanol–water partition coefficient (Wildman–Crippen LogP) is 0.280. The summed E-state index contributed by atoms with van der Waals surface area (Å²) in [6, 6.07) is 5.06. The monoisotopic (exact) mass is 231 g/mol. The van der Waals surface area contributed by atoms with Gasteiger partial charge in [-0.05, 0) is 19.1 Å². The van der Waals surface area contributed by atoms with Gasteiger partial charge in [-0.25, -0.2) is 0 Å². The maximum atomic E-state index is 11.4. The van der Waals surface area contributed by atoms with Crippen molar-refractivity contribution in [2.75, 3.05) is 6.54 Å². The third-order valence-corrected chi connectivity index (χ3v) is 1.93. The van der Waals surface area contributed by atoms with Crippen LogP contribution in [0.2, 0.25) is 0 Å². The van der Waals surface area contributed by atoms with Gasteiger partial charge in [0.25, 0.3) is 0 Å². The van der Waals surface area contributed by atoms with Crippen LogP contribution in [0, 0.1) is 0 Å². The maximum Gasteiger partial charge on any atom is 0.245 e. The van der Waals surface area contributed by atoms with E-state index in [-0.39, 0.29) is 17.9 Å². The molecular formula is C12H11N2O3. The van der Waals surface area contributed by atoms with Crippen molar-refractivity contribution in [2.24, 2.45) is 0 Å². The fraction of sp³-hybridized carbons (Fsp3) is 0.167. The van der Waals surface area contributed by atoms with Gasteiger partial charge in [0, 0.05) is 17.8 Å². The minimum Gasteiger partial charge on any atom is -0.345 e. The van der Waals surface area contributed by atoms with Gasteiger partial charge in [0.2, 0.25) is 12.2 Å². The Morgan fingerprint density at radius 3 is 2.76 bits per heavy atom. The highest BCUT2D eigenvalue weighted by Gasteiger charge is 2.10. The SMILES string of the molecule is CC(=O)C(=CC(=O)NC[C]=O)c1ccccn1. The van der Waals surface area contributed by atoms with Crippen LogP contribution >= 0.6 is 0 Å². The second kappa shape index (κ2) is 6.32. The molecule has 0 unspecified atom stereocenters. The Bertz CT molecular complexity index is 452. The average molecular weight is 231 g/mol. The molecule has 17 heavy (non-hydrogen) atoms. The molecule has 1 heterocycles. The number of aromatic nitrogens is 1. The van der Waals surface area contributed by atoms with Gasteiger partial charge in [-0.2, -0.15) is 0 Å². The van der Waals surface area contributed by atoms with Gasteiger partial charge >= 0.3 is 0 Å². The lowest BCUT2D eigenvalue weighted by Crippen LogP contribution is -2.23. The van der Waals surface area contributed by atoms with E-state index < -0.39 is 5.91 Å². The van der Waals surface area contributed by atoms with Gasteiger partial charge in [-0.3, -0.25) is 19.4 Å². The number of rotatable bonds is 5. The van der Waals surface area contributed by atoms with E-state index in [2.05, 4.69) is 10.3 Å². The standard InChI is InChI=1S/C12H11N2O3/c1-9(16)10(8-12(17)14-6-7-15)11-4-2-3-5-13-11/h2-5,8H,6H2,1H3,(H,14,17). The Morgan fingerprint density at radius 2 is 2.24 bits per heavy atom. The van der Waals surface area contributed by atoms with Gasteiger partial charge in [-0.15, -0.1) is 0 Å². The van der Waals surface area contributed by atoms with Crippen molar-refractivity contribution >= 4 is 23.5 Å². The van der Waals surface area contributed by atoms with Crippen LogP contribution < -0.4 is 5.32 Å². The second-order valence-electron chi connectivity index (χ2n) is 3.19. The van der Waals surface area contributed by atoms with Crippen molar-refractivity contribution in [3.05, 3.63) is 36.2 Å². The number of ketones is 1. The largest absolute Gasteiger partial charge is 0.345 e. The van der Waals surface area contributed by atoms with E-state index in [1.807, 2.05) is 0 Å². The first-order valence-electron chi connectivity index (χ1n) is 4.92. The first-order chi connectivity index (χ1) is 8.15. The van der Waals surface area contributed by atoms with Crippen molar-refractivity contribution in [3.8, 4) is 0 Å². The number of amides is 1. The van der Waals surface area contributed by atoms with Crippen LogP contribution in [0.25, 0.3) is 5.57 Å². The summed E-state index contributed by atoms with van der Waals surface area (Å²) < 4.78 is 0. The Morgan fingerprint density at radius 1 is 1.47 bits per heavy atom. The molecule has 0 saturated carbocycles. The predicted molar refractivity (Wildman–Crippen MR) is 61.6 cm³/mol. The van der Waals surface area contributed by atoms with E-state index in [0.29, 0.717) is 5.69 Å². The second-order valence-corrected chi connectivity index (χ2v) is 3.19. The highest BCUT2D eigenvalue weighted by Crippen LogP contribution is 2.11. The third-order valence-electron chi connectivity index (χ3n) is 1.93. The summed E-state index contributed by atoms with van der Waals surface area (Å²) in [6.45, 7) is 1.14. The molecule has 1 radical (unpaired) electrons. The number of hydrogen-bond acceptors (Lipinski definition) is 4. The fourth-order valence-corrected chi connectivity index (χ4v) is 1.18. The molecule has 87 valence electrons. The summed E-state index contributed by atoms with van der Waals surface area (Å²) in [5.74, 6) is -0.793. The van der Waals surface area contributed by atoms with E-state index >= 15 is 0 Å². The van der Waals surface area contributed by atoms with Crippen LogP contribution in [-0.2, 0) is 14.4 Å². The van der Waals surface area contributed by atoms with E-state index in [9.17, 15) is 14.4 Å². The quantitative estimate of drug-likeness (QED) is 0.738. The first kappa shape index (κ1) is 12.8. The smallest absolute Gasteiger partial charge is 0.245 e. The zero-order valence-corrected chi connectivity index (χ0v) is 9.27. The molecule has 1 rings (SSSR count). The molecule has 0 aliphatic carbocycles. The number of nitrogens with one attached hydrogen (secondary N) is 1. The minimum atomic E-state index is -0.524. The molecule has 1 N–H and O–H groups in total. The number of hydrogen-bond donors (Lipinski definition) is 1. The van der Waals surface area contributed by atoms with E-state index in [0.717, 1.165) is 6.08 Å². The molecule has 0 atom stereocenters. The first-order valence-corrected chi connectivity index (χ1v) is 4.92. The zero-order chi connectivity index (χ0) is 12.7. The molecule has 0 bridgehead atoms. The Hall–Kier alpha value is -2.30. The van der Waals surface area contributed by atoms with Crippen molar-refractivity contribution < 1.29 is 14.4 Å². The number of carbonyl (C=O) groups excluding carboxylic acids is 3. The maximum absolute atomic E-state index is 11.4. The Balaban J connectivity index is 2.94. The highest BCUT2D eigenvalue weighted by atomic mass is 16.2. The topological polar surface area (TPSA) is 76.1 Å². The molecule has 0 aromatic carbocycles. The molecule has 1 aromatic heterocycles. The summed E-state index contributed by atoms with van der Waals surface area (Å²) in [7, 11) is 0. The van der Waals surface area contributed by atoms with Crippen molar-refractivity contribution in [1.82, 2.24) is 10.3 Å². The average Bonchev–Trinajstić information content (AvgIpc) is 2.34. The lowest BCUT2D eigenvalue weighted by Gasteiger charge is -2.02. The number of pyridine rings is 1. The summed E-state index contributed by atoms with van der Waals surface area (Å²) in [5, 5.41) is 2.27. The summed E-state index contributed by atoms with van der Waals surface area (Å²) in [5.41, 5.74) is 0.624. The molecule has 0 spiro atoms. The van der Waals surface area contributed by atoms with E-state index in [4.69, 9.17) is 0 Å². The van der Waals surface area contributed by atoms with Crippen LogP contribution in [0.1, 0.15) is 12.6 Å². The lowest BCUT2D eigenvalue weighted by molar-refractivity contribution is -0.117. The van der Waals surface area contributed by atoms with Gasteiger partial charge in [0.05, 0.1) is 12.2 Å². The number of allylic oxidation sites excluding steroid dienone is 1. The van der Waals surface area contributed by atoms with Crippen LogP contribution in [-0.4, -0.2) is 29.5 Å². The Labute approximate surface area is 98.6 Å². The summed E-state index contributed by atoms with van der Waals surface area (Å²) in [4.78, 5) is 36.7. The molecule has 1 aromatic rings. The van der Waals surface area contributed by atoms with Crippen LogP contribution in [0.4, 0.5) is 0 Å². The van der Waals surface area contributed by atoms with Crippen LogP contribution in [0.15, 0.2) is 30.5 Å². The summed E-state index contributed by atoms with van der Waals surface area (Å²) >= 11 is 0. The van der Waals surface area contributed by atoms with Crippen molar-refractivity contribution in [3.63, 3.8) is 0 Å². The highest BCUT2D eigenvalue weighted by molar-refractivity contribution is 6.23. The molecule has 0 fully saturated rings. The molecule has 1 amide bonds. The van der Waals surface area contributed by atoms with Gasteiger partial charge in [0.1, 0.15) is 0 Å². The van der Waals surface area contributed by atoms with Gasteiger partial charge in [-0.1, -0.05) is 6.07 Å². The molecule has 0 aliphatic rings.